The van der Waals surface area contributed by atoms with E-state index in [9.17, 15) is 0 Å². The van der Waals surface area contributed by atoms with Gasteiger partial charge in [0.2, 0.25) is 0 Å². The van der Waals surface area contributed by atoms with E-state index in [0.29, 0.717) is 6.04 Å². The minimum atomic E-state index is 0.617. The van der Waals surface area contributed by atoms with Crippen molar-refractivity contribution in [3.05, 3.63) is 0 Å². The largest absolute Gasteiger partial charge is 0.383 e. The van der Waals surface area contributed by atoms with Gasteiger partial charge in [-0.2, -0.15) is 0 Å². The first-order valence-corrected chi connectivity index (χ1v) is 6.02. The van der Waals surface area contributed by atoms with E-state index >= 15 is 0 Å². The number of ether oxygens (including phenoxy) is 1. The van der Waals surface area contributed by atoms with Gasteiger partial charge < -0.3 is 15.0 Å². The van der Waals surface area contributed by atoms with Crippen LogP contribution in [0.15, 0.2) is 0 Å². The Balaban J connectivity index is 3.43. The van der Waals surface area contributed by atoms with Crippen LogP contribution in [0.2, 0.25) is 0 Å². The third-order valence-corrected chi connectivity index (χ3v) is 3.13. The highest BCUT2D eigenvalue weighted by Gasteiger charge is 2.08. The number of hydrogen-bond donors (Lipinski definition) is 1. The van der Waals surface area contributed by atoms with Crippen molar-refractivity contribution in [2.45, 2.75) is 33.2 Å². The Hall–Kier alpha value is -0.120. The van der Waals surface area contributed by atoms with Gasteiger partial charge in [-0.05, 0) is 19.9 Å². The zero-order valence-corrected chi connectivity index (χ0v) is 11.0. The van der Waals surface area contributed by atoms with E-state index in [-0.39, 0.29) is 0 Å². The van der Waals surface area contributed by atoms with Crippen LogP contribution in [0.3, 0.4) is 0 Å². The Bertz CT molecular complexity index is 142. The molecule has 0 rings (SSSR count). The maximum atomic E-state index is 5.03. The van der Waals surface area contributed by atoms with Crippen molar-refractivity contribution in [1.29, 1.82) is 0 Å². The molecule has 0 aromatic rings. The molecule has 0 saturated heterocycles. The Morgan fingerprint density at radius 1 is 1.27 bits per heavy atom. The third kappa shape index (κ3) is 7.77. The second kappa shape index (κ2) is 9.13. The minimum absolute atomic E-state index is 0.617. The van der Waals surface area contributed by atoms with Crippen molar-refractivity contribution in [2.24, 2.45) is 5.92 Å². The highest BCUT2D eigenvalue weighted by Crippen LogP contribution is 2.05. The molecule has 0 heterocycles. The summed E-state index contributed by atoms with van der Waals surface area (Å²) in [6.45, 7) is 10.8. The lowest BCUT2D eigenvalue weighted by molar-refractivity contribution is 0.160. The van der Waals surface area contributed by atoms with E-state index in [1.807, 2.05) is 0 Å². The monoisotopic (exact) mass is 216 g/mol. The molecular weight excluding hydrogens is 188 g/mol. The predicted octanol–water partition coefficient (Wildman–Crippen LogP) is 1.59. The molecule has 0 bridgehead atoms. The van der Waals surface area contributed by atoms with Crippen molar-refractivity contribution >= 4 is 0 Å². The van der Waals surface area contributed by atoms with Crippen molar-refractivity contribution < 1.29 is 4.74 Å². The molecule has 0 fully saturated rings. The number of nitrogens with one attached hydrogen (secondary N) is 1. The number of hydrogen-bond acceptors (Lipinski definition) is 3. The molecular formula is C12H28N2O. The molecule has 3 heteroatoms. The van der Waals surface area contributed by atoms with Gasteiger partial charge in [-0.1, -0.05) is 20.3 Å². The average Bonchev–Trinajstić information content (AvgIpc) is 2.24. The number of nitrogens with zero attached hydrogens (tertiary/aromatic N) is 1. The summed E-state index contributed by atoms with van der Waals surface area (Å²) in [6, 6.07) is 0.617. The van der Waals surface area contributed by atoms with E-state index in [0.717, 1.165) is 32.2 Å². The fraction of sp³-hybridized carbons (Fsp3) is 1.00. The standard InChI is InChI=1S/C12H28N2O/c1-6-11(2)12(3)13-7-8-14(4)9-10-15-5/h11-13H,6-10H2,1-5H3. The average molecular weight is 216 g/mol. The molecule has 1 N–H and O–H groups in total. The van der Waals surface area contributed by atoms with E-state index in [4.69, 9.17) is 4.74 Å². The smallest absolute Gasteiger partial charge is 0.0589 e. The van der Waals surface area contributed by atoms with Crippen molar-refractivity contribution in [2.75, 3.05) is 40.4 Å². The van der Waals surface area contributed by atoms with Crippen molar-refractivity contribution in [1.82, 2.24) is 10.2 Å². The van der Waals surface area contributed by atoms with Gasteiger partial charge in [0.15, 0.2) is 0 Å². The van der Waals surface area contributed by atoms with E-state index < -0.39 is 0 Å². The quantitative estimate of drug-likeness (QED) is 0.633. The van der Waals surface area contributed by atoms with Gasteiger partial charge in [-0.15, -0.1) is 0 Å². The summed E-state index contributed by atoms with van der Waals surface area (Å²) in [5.41, 5.74) is 0. The summed E-state index contributed by atoms with van der Waals surface area (Å²) in [5.74, 6) is 0.759. The maximum Gasteiger partial charge on any atom is 0.0589 e. The SMILES string of the molecule is CCC(C)C(C)NCCN(C)CCOC. The number of likely N-dealkylation sites (N-methyl/N-ethyl adjacent to an activating group) is 1. The molecule has 0 aromatic carbocycles. The van der Waals surface area contributed by atoms with Crippen LogP contribution in [0, 0.1) is 5.92 Å². The fourth-order valence-electron chi connectivity index (χ4n) is 1.40. The second-order valence-corrected chi connectivity index (χ2v) is 4.42. The van der Waals surface area contributed by atoms with Gasteiger partial charge in [0, 0.05) is 32.8 Å². The molecule has 0 aliphatic rings. The van der Waals surface area contributed by atoms with Gasteiger partial charge in [0.25, 0.3) is 0 Å². The van der Waals surface area contributed by atoms with Crippen LogP contribution in [0.4, 0.5) is 0 Å². The predicted molar refractivity (Wildman–Crippen MR) is 66.3 cm³/mol. The summed E-state index contributed by atoms with van der Waals surface area (Å²) >= 11 is 0. The lowest BCUT2D eigenvalue weighted by atomic mass is 10.0. The maximum absolute atomic E-state index is 5.03. The molecule has 0 radical (unpaired) electrons. The van der Waals surface area contributed by atoms with E-state index in [1.165, 1.54) is 6.42 Å². The molecule has 2 unspecified atom stereocenters. The molecule has 0 aromatic heterocycles. The van der Waals surface area contributed by atoms with Gasteiger partial charge in [-0.3, -0.25) is 0 Å². The summed E-state index contributed by atoms with van der Waals surface area (Å²) in [6.07, 6.45) is 1.24. The molecule has 0 amide bonds. The molecule has 0 aliphatic carbocycles. The topological polar surface area (TPSA) is 24.5 Å². The fourth-order valence-corrected chi connectivity index (χ4v) is 1.40. The minimum Gasteiger partial charge on any atom is -0.383 e. The van der Waals surface area contributed by atoms with Crippen LogP contribution >= 0.6 is 0 Å². The third-order valence-electron chi connectivity index (χ3n) is 3.13. The summed E-state index contributed by atoms with van der Waals surface area (Å²) in [4.78, 5) is 2.29. The Morgan fingerprint density at radius 3 is 2.47 bits per heavy atom. The van der Waals surface area contributed by atoms with Crippen LogP contribution in [0.1, 0.15) is 27.2 Å². The van der Waals surface area contributed by atoms with Crippen LogP contribution < -0.4 is 5.32 Å². The van der Waals surface area contributed by atoms with Crippen LogP contribution in [0.25, 0.3) is 0 Å². The zero-order valence-electron chi connectivity index (χ0n) is 11.0. The van der Waals surface area contributed by atoms with Crippen LogP contribution in [-0.4, -0.2) is 51.3 Å². The molecule has 0 aliphatic heterocycles. The first-order valence-electron chi connectivity index (χ1n) is 6.02. The molecule has 92 valence electrons. The Labute approximate surface area is 95.2 Å². The first-order chi connectivity index (χ1) is 7.11. The highest BCUT2D eigenvalue weighted by molar-refractivity contribution is 4.67. The summed E-state index contributed by atoms with van der Waals surface area (Å²) in [5, 5.41) is 3.56. The summed E-state index contributed by atoms with van der Waals surface area (Å²) in [7, 11) is 3.88. The second-order valence-electron chi connectivity index (χ2n) is 4.42. The first kappa shape index (κ1) is 14.9. The molecule has 3 nitrogen and oxygen atoms in total. The normalized spacial score (nSPS) is 15.6. The van der Waals surface area contributed by atoms with Gasteiger partial charge in [0.05, 0.1) is 6.61 Å². The summed E-state index contributed by atoms with van der Waals surface area (Å²) < 4.78 is 5.03. The lowest BCUT2D eigenvalue weighted by Crippen LogP contribution is -2.38. The molecule has 15 heavy (non-hydrogen) atoms. The Kier molecular flexibility index (Phi) is 9.06. The molecule has 0 spiro atoms. The number of rotatable bonds is 9. The molecule has 0 saturated carbocycles. The van der Waals surface area contributed by atoms with Gasteiger partial charge >= 0.3 is 0 Å². The van der Waals surface area contributed by atoms with Gasteiger partial charge in [-0.25, -0.2) is 0 Å². The highest BCUT2D eigenvalue weighted by atomic mass is 16.5. The van der Waals surface area contributed by atoms with Crippen LogP contribution in [0.5, 0.6) is 0 Å². The van der Waals surface area contributed by atoms with Crippen LogP contribution in [-0.2, 0) is 4.74 Å². The van der Waals surface area contributed by atoms with E-state index in [2.05, 4.69) is 38.0 Å². The zero-order chi connectivity index (χ0) is 11.7. The van der Waals surface area contributed by atoms with E-state index in [1.54, 1.807) is 7.11 Å². The lowest BCUT2D eigenvalue weighted by Gasteiger charge is -2.22. The molecule has 2 atom stereocenters. The Morgan fingerprint density at radius 2 is 1.93 bits per heavy atom. The van der Waals surface area contributed by atoms with Crippen molar-refractivity contribution in [3.8, 4) is 0 Å². The van der Waals surface area contributed by atoms with Crippen molar-refractivity contribution in [3.63, 3.8) is 0 Å². The number of methoxy groups -OCH3 is 1. The van der Waals surface area contributed by atoms with Gasteiger partial charge in [0.1, 0.15) is 0 Å².